The number of hydrogen-bond acceptors (Lipinski definition) is 4. The first-order valence-electron chi connectivity index (χ1n) is 17.1. The third kappa shape index (κ3) is 8.88. The molecular formula is C37H63N3O3. The van der Waals surface area contributed by atoms with Crippen molar-refractivity contribution < 1.29 is 14.6 Å². The Hall–Kier alpha value is -2.31. The van der Waals surface area contributed by atoms with E-state index in [1.54, 1.807) is 0 Å². The Kier molecular flexibility index (Phi) is 14.8. The van der Waals surface area contributed by atoms with Gasteiger partial charge in [0, 0.05) is 24.2 Å². The minimum atomic E-state index is -0.622. The molecule has 0 aliphatic heterocycles. The molecule has 0 spiro atoms. The molecule has 2 aromatic rings. The lowest BCUT2D eigenvalue weighted by molar-refractivity contribution is -0.0558. The van der Waals surface area contributed by atoms with Crippen LogP contribution in [0.2, 0.25) is 0 Å². The first-order valence-corrected chi connectivity index (χ1v) is 17.1. The number of benzene rings is 1. The molecule has 0 aliphatic carbocycles. The molecule has 0 saturated carbocycles. The number of unbranched alkanes of at least 4 members (excludes halogenated alkanes) is 1. The number of carbonyl (C=O) groups is 1. The van der Waals surface area contributed by atoms with Gasteiger partial charge in [0.1, 0.15) is 11.4 Å². The summed E-state index contributed by atoms with van der Waals surface area (Å²) in [5.41, 5.74) is 3.52. The maximum atomic E-state index is 13.3. The number of hydrogen-bond donors (Lipinski definition) is 2. The molecule has 6 heteroatoms. The second-order valence-electron chi connectivity index (χ2n) is 12.9. The zero-order valence-corrected chi connectivity index (χ0v) is 29.2. The molecule has 43 heavy (non-hydrogen) atoms. The van der Waals surface area contributed by atoms with Gasteiger partial charge in [0.2, 0.25) is 0 Å². The molecule has 1 amide bonds. The van der Waals surface area contributed by atoms with Crippen LogP contribution in [0, 0.1) is 18.8 Å². The zero-order chi connectivity index (χ0) is 32.2. The van der Waals surface area contributed by atoms with Gasteiger partial charge in [-0.2, -0.15) is 0 Å². The largest absolute Gasteiger partial charge is 0.493 e. The van der Waals surface area contributed by atoms with Gasteiger partial charge in [-0.3, -0.25) is 4.79 Å². The van der Waals surface area contributed by atoms with Crippen LogP contribution < -0.4 is 10.1 Å². The van der Waals surface area contributed by atoms with Crippen LogP contribution in [0.15, 0.2) is 30.3 Å². The normalized spacial score (nSPS) is 12.5. The fourth-order valence-electron chi connectivity index (χ4n) is 6.77. The minimum absolute atomic E-state index is 0.00825. The van der Waals surface area contributed by atoms with E-state index in [9.17, 15) is 9.90 Å². The molecule has 6 nitrogen and oxygen atoms in total. The second-order valence-corrected chi connectivity index (χ2v) is 12.9. The molecule has 0 unspecified atom stereocenters. The Morgan fingerprint density at radius 3 is 2.14 bits per heavy atom. The molecule has 244 valence electrons. The smallest absolute Gasteiger partial charge is 0.267 e. The van der Waals surface area contributed by atoms with E-state index in [-0.39, 0.29) is 23.2 Å². The molecule has 2 rings (SSSR count). The lowest BCUT2D eigenvalue weighted by Gasteiger charge is -2.36. The second kappa shape index (κ2) is 17.2. The highest BCUT2D eigenvalue weighted by Gasteiger charge is 2.35. The van der Waals surface area contributed by atoms with Crippen molar-refractivity contribution in [1.82, 2.24) is 14.8 Å². The van der Waals surface area contributed by atoms with Crippen molar-refractivity contribution in [3.8, 4) is 5.75 Å². The van der Waals surface area contributed by atoms with Crippen LogP contribution in [0.1, 0.15) is 128 Å². The van der Waals surface area contributed by atoms with Crippen molar-refractivity contribution >= 4 is 5.91 Å². The fourth-order valence-corrected chi connectivity index (χ4v) is 6.77. The predicted molar refractivity (Wildman–Crippen MR) is 181 cm³/mol. The molecule has 0 fully saturated rings. The molecule has 1 heterocycles. The van der Waals surface area contributed by atoms with E-state index >= 15 is 0 Å². The van der Waals surface area contributed by atoms with Gasteiger partial charge in [-0.15, -0.1) is 0 Å². The Balaban J connectivity index is 2.15. The summed E-state index contributed by atoms with van der Waals surface area (Å²) in [4.78, 5) is 15.6. The highest BCUT2D eigenvalue weighted by Crippen LogP contribution is 2.41. The van der Waals surface area contributed by atoms with Crippen LogP contribution in [0.3, 0.4) is 0 Å². The van der Waals surface area contributed by atoms with Gasteiger partial charge in [0.25, 0.3) is 5.91 Å². The quantitative estimate of drug-likeness (QED) is 0.152. The zero-order valence-electron chi connectivity index (χ0n) is 29.2. The summed E-state index contributed by atoms with van der Waals surface area (Å²) in [6.45, 7) is 26.7. The molecule has 2 N–H and O–H groups in total. The lowest BCUT2D eigenvalue weighted by atomic mass is 9.72. The SMILES string of the molecule is CCN(CC)CCCNC(=O)c1ccc(C(CC)(CC)c2ccc(OCCCCC(O)(C(C)C)C(C)C)c(C)c2)n1CC. The van der Waals surface area contributed by atoms with Gasteiger partial charge in [-0.05, 0) is 113 Å². The molecule has 0 atom stereocenters. The summed E-state index contributed by atoms with van der Waals surface area (Å²) in [6, 6.07) is 10.8. The Bertz CT molecular complexity index is 1100. The highest BCUT2D eigenvalue weighted by molar-refractivity contribution is 5.93. The Morgan fingerprint density at radius 1 is 0.953 bits per heavy atom. The number of nitrogens with one attached hydrogen (secondary N) is 1. The lowest BCUT2D eigenvalue weighted by Crippen LogP contribution is -2.40. The van der Waals surface area contributed by atoms with E-state index in [1.165, 1.54) is 11.3 Å². The van der Waals surface area contributed by atoms with E-state index < -0.39 is 5.60 Å². The number of ether oxygens (including phenoxy) is 1. The van der Waals surface area contributed by atoms with Crippen LogP contribution >= 0.6 is 0 Å². The summed E-state index contributed by atoms with van der Waals surface area (Å²) < 4.78 is 8.44. The van der Waals surface area contributed by atoms with Gasteiger partial charge < -0.3 is 24.6 Å². The van der Waals surface area contributed by atoms with Gasteiger partial charge in [-0.25, -0.2) is 0 Å². The maximum Gasteiger partial charge on any atom is 0.267 e. The fraction of sp³-hybridized carbons (Fsp3) is 0.703. The van der Waals surface area contributed by atoms with Crippen molar-refractivity contribution in [2.24, 2.45) is 11.8 Å². The van der Waals surface area contributed by atoms with Crippen LogP contribution in [-0.2, 0) is 12.0 Å². The topological polar surface area (TPSA) is 66.7 Å². The molecular weight excluding hydrogens is 534 g/mol. The van der Waals surface area contributed by atoms with Crippen LogP contribution in [0.5, 0.6) is 5.75 Å². The van der Waals surface area contributed by atoms with Crippen molar-refractivity contribution in [2.75, 3.05) is 32.8 Å². The first kappa shape index (κ1) is 36.9. The Morgan fingerprint density at radius 2 is 1.60 bits per heavy atom. The van der Waals surface area contributed by atoms with Crippen molar-refractivity contribution in [2.45, 2.75) is 125 Å². The third-order valence-corrected chi connectivity index (χ3v) is 10.0. The molecule has 1 aromatic heterocycles. The maximum absolute atomic E-state index is 13.3. The third-order valence-electron chi connectivity index (χ3n) is 10.0. The molecule has 0 saturated heterocycles. The average Bonchev–Trinajstić information content (AvgIpc) is 3.43. The number of carbonyl (C=O) groups excluding carboxylic acids is 1. The summed E-state index contributed by atoms with van der Waals surface area (Å²) in [7, 11) is 0. The molecule has 0 bridgehead atoms. The number of aliphatic hydroxyl groups is 1. The van der Waals surface area contributed by atoms with Gasteiger partial charge in [-0.1, -0.05) is 67.5 Å². The number of nitrogens with zero attached hydrogens (tertiary/aromatic N) is 2. The van der Waals surface area contributed by atoms with Crippen molar-refractivity contribution in [3.63, 3.8) is 0 Å². The van der Waals surface area contributed by atoms with E-state index in [0.717, 1.165) is 81.7 Å². The van der Waals surface area contributed by atoms with E-state index in [0.29, 0.717) is 13.2 Å². The van der Waals surface area contributed by atoms with Gasteiger partial charge in [0.05, 0.1) is 12.2 Å². The van der Waals surface area contributed by atoms with Gasteiger partial charge >= 0.3 is 0 Å². The van der Waals surface area contributed by atoms with E-state index in [1.807, 2.05) is 6.07 Å². The Labute approximate surface area is 263 Å². The standard InChI is InChI=1S/C37H63N3O3/c1-11-36(12-2,34-22-20-32(40(34)15-5)35(41)38-24-18-25-39(13-3)14-4)31-19-21-33(30(10)27-31)43-26-17-16-23-37(42,28(6)7)29(8)9/h19-22,27-29,42H,11-18,23-26H2,1-10H3,(H,38,41). The highest BCUT2D eigenvalue weighted by atomic mass is 16.5. The predicted octanol–water partition coefficient (Wildman–Crippen LogP) is 7.98. The van der Waals surface area contributed by atoms with E-state index in [4.69, 9.17) is 4.74 Å². The summed E-state index contributed by atoms with van der Waals surface area (Å²) >= 11 is 0. The van der Waals surface area contributed by atoms with Crippen LogP contribution in [0.4, 0.5) is 0 Å². The summed E-state index contributed by atoms with van der Waals surface area (Å²) in [6.07, 6.45) is 5.48. The van der Waals surface area contributed by atoms with Crippen molar-refractivity contribution in [3.05, 3.63) is 52.8 Å². The minimum Gasteiger partial charge on any atom is -0.493 e. The van der Waals surface area contributed by atoms with Gasteiger partial charge in [0.15, 0.2) is 0 Å². The molecule has 0 aliphatic rings. The van der Waals surface area contributed by atoms with Crippen LogP contribution in [0.25, 0.3) is 0 Å². The molecule has 1 aromatic carbocycles. The average molecular weight is 598 g/mol. The van der Waals surface area contributed by atoms with E-state index in [2.05, 4.69) is 108 Å². The summed E-state index contributed by atoms with van der Waals surface area (Å²) in [5.74, 6) is 1.40. The number of rotatable bonds is 20. The monoisotopic (exact) mass is 597 g/mol. The number of aryl methyl sites for hydroxylation is 1. The summed E-state index contributed by atoms with van der Waals surface area (Å²) in [5, 5.41) is 14.2. The molecule has 0 radical (unpaired) electrons. The van der Waals surface area contributed by atoms with Crippen LogP contribution in [-0.4, -0.2) is 58.9 Å². The van der Waals surface area contributed by atoms with Crippen molar-refractivity contribution in [1.29, 1.82) is 0 Å². The first-order chi connectivity index (χ1) is 20.4. The number of aromatic nitrogens is 1. The number of amides is 1.